The predicted molar refractivity (Wildman–Crippen MR) is 95.0 cm³/mol. The van der Waals surface area contributed by atoms with E-state index < -0.39 is 11.7 Å². The maximum Gasteiger partial charge on any atom is 0.416 e. The lowest BCUT2D eigenvalue weighted by Crippen LogP contribution is -2.48. The summed E-state index contributed by atoms with van der Waals surface area (Å²) in [6.45, 7) is 3.91. The topological polar surface area (TPSA) is 23.6 Å². The lowest BCUT2D eigenvalue weighted by atomic mass is 9.97. The number of halogens is 3. The van der Waals surface area contributed by atoms with E-state index in [1.807, 2.05) is 0 Å². The molecule has 0 spiro atoms. The average Bonchev–Trinajstić information content (AvgIpc) is 2.66. The van der Waals surface area contributed by atoms with Crippen LogP contribution in [0.25, 0.3) is 0 Å². The number of rotatable bonds is 4. The maximum absolute atomic E-state index is 12.6. The smallest absolute Gasteiger partial charge is 0.336 e. The van der Waals surface area contributed by atoms with Crippen molar-refractivity contribution in [2.24, 2.45) is 0 Å². The second-order valence-electron chi connectivity index (χ2n) is 7.07. The highest BCUT2D eigenvalue weighted by Crippen LogP contribution is 2.29. The molecule has 1 aliphatic heterocycles. The number of benzene rings is 1. The molecule has 0 N–H and O–H groups in total. The average molecular weight is 366 g/mol. The van der Waals surface area contributed by atoms with Gasteiger partial charge in [0.05, 0.1) is 5.56 Å². The van der Waals surface area contributed by atoms with Crippen LogP contribution in [0.2, 0.25) is 0 Å². The van der Waals surface area contributed by atoms with Crippen LogP contribution in [-0.2, 0) is 6.18 Å². The van der Waals surface area contributed by atoms with Gasteiger partial charge < -0.3 is 4.90 Å². The molecule has 0 saturated carbocycles. The molecule has 1 saturated heterocycles. The SMILES string of the molecule is O=C(c1ccc(C(F)(F)F)cc1)N1CCN(CCC2=CCCCC2)CC1. The molecule has 0 radical (unpaired) electrons. The van der Waals surface area contributed by atoms with Crippen molar-refractivity contribution < 1.29 is 18.0 Å². The quantitative estimate of drug-likeness (QED) is 0.740. The summed E-state index contributed by atoms with van der Waals surface area (Å²) in [6.07, 6.45) is 4.11. The summed E-state index contributed by atoms with van der Waals surface area (Å²) in [7, 11) is 0. The largest absolute Gasteiger partial charge is 0.416 e. The van der Waals surface area contributed by atoms with Crippen LogP contribution in [-0.4, -0.2) is 48.4 Å². The first-order valence-corrected chi connectivity index (χ1v) is 9.30. The van der Waals surface area contributed by atoms with Gasteiger partial charge in [0, 0.05) is 38.3 Å². The predicted octanol–water partition coefficient (Wildman–Crippen LogP) is 4.35. The van der Waals surface area contributed by atoms with Gasteiger partial charge in [-0.3, -0.25) is 9.69 Å². The molecule has 2 aliphatic rings. The molecular formula is C20H25F3N2O. The first-order chi connectivity index (χ1) is 12.4. The van der Waals surface area contributed by atoms with Crippen LogP contribution in [0, 0.1) is 0 Å². The lowest BCUT2D eigenvalue weighted by Gasteiger charge is -2.35. The number of hydrogen-bond acceptors (Lipinski definition) is 2. The fourth-order valence-electron chi connectivity index (χ4n) is 3.59. The van der Waals surface area contributed by atoms with Gasteiger partial charge in [0.1, 0.15) is 0 Å². The molecule has 1 aromatic rings. The van der Waals surface area contributed by atoms with Crippen LogP contribution >= 0.6 is 0 Å². The first-order valence-electron chi connectivity index (χ1n) is 9.30. The van der Waals surface area contributed by atoms with Gasteiger partial charge >= 0.3 is 6.18 Å². The van der Waals surface area contributed by atoms with E-state index in [0.29, 0.717) is 18.7 Å². The van der Waals surface area contributed by atoms with E-state index in [-0.39, 0.29) is 5.91 Å². The molecule has 0 aromatic heterocycles. The third-order valence-corrected chi connectivity index (χ3v) is 5.25. The molecule has 26 heavy (non-hydrogen) atoms. The molecule has 3 nitrogen and oxygen atoms in total. The highest BCUT2D eigenvalue weighted by Gasteiger charge is 2.30. The van der Waals surface area contributed by atoms with Crippen molar-refractivity contribution in [3.63, 3.8) is 0 Å². The van der Waals surface area contributed by atoms with E-state index in [0.717, 1.165) is 38.2 Å². The summed E-state index contributed by atoms with van der Waals surface area (Å²) in [5.74, 6) is -0.187. The van der Waals surface area contributed by atoms with Crippen molar-refractivity contribution >= 4 is 5.91 Å². The molecule has 1 amide bonds. The van der Waals surface area contributed by atoms with E-state index in [1.165, 1.54) is 37.8 Å². The van der Waals surface area contributed by atoms with Crippen LogP contribution in [0.5, 0.6) is 0 Å². The van der Waals surface area contributed by atoms with Crippen LogP contribution in [0.4, 0.5) is 13.2 Å². The zero-order valence-electron chi connectivity index (χ0n) is 14.9. The molecule has 1 fully saturated rings. The summed E-state index contributed by atoms with van der Waals surface area (Å²) in [6, 6.07) is 4.49. The summed E-state index contributed by atoms with van der Waals surface area (Å²) >= 11 is 0. The van der Waals surface area contributed by atoms with Gasteiger partial charge in [-0.05, 0) is 56.4 Å². The van der Waals surface area contributed by atoms with E-state index >= 15 is 0 Å². The van der Waals surface area contributed by atoms with Gasteiger partial charge in [0.2, 0.25) is 0 Å². The molecular weight excluding hydrogens is 341 g/mol. The van der Waals surface area contributed by atoms with Crippen molar-refractivity contribution in [1.82, 2.24) is 9.80 Å². The zero-order chi connectivity index (χ0) is 18.6. The zero-order valence-corrected chi connectivity index (χ0v) is 14.9. The van der Waals surface area contributed by atoms with Crippen molar-refractivity contribution in [3.8, 4) is 0 Å². The van der Waals surface area contributed by atoms with Gasteiger partial charge in [0.15, 0.2) is 0 Å². The van der Waals surface area contributed by atoms with Gasteiger partial charge in [-0.15, -0.1) is 0 Å². The Hall–Kier alpha value is -1.82. The third kappa shape index (κ3) is 4.87. The van der Waals surface area contributed by atoms with Gasteiger partial charge in [-0.2, -0.15) is 13.2 Å². The van der Waals surface area contributed by atoms with Gasteiger partial charge in [0.25, 0.3) is 5.91 Å². The molecule has 1 heterocycles. The number of nitrogens with zero attached hydrogens (tertiary/aromatic N) is 2. The number of carbonyl (C=O) groups is 1. The minimum absolute atomic E-state index is 0.187. The highest BCUT2D eigenvalue weighted by molar-refractivity contribution is 5.94. The third-order valence-electron chi connectivity index (χ3n) is 5.25. The first kappa shape index (κ1) is 19.0. The fraction of sp³-hybridized carbons (Fsp3) is 0.550. The van der Waals surface area contributed by atoms with Crippen LogP contribution < -0.4 is 0 Å². The Bertz CT molecular complexity index is 644. The Labute approximate surface area is 152 Å². The Balaban J connectivity index is 1.48. The molecule has 142 valence electrons. The maximum atomic E-state index is 12.6. The van der Waals surface area contributed by atoms with Crippen molar-refractivity contribution in [3.05, 3.63) is 47.0 Å². The molecule has 1 aliphatic carbocycles. The highest BCUT2D eigenvalue weighted by atomic mass is 19.4. The molecule has 0 bridgehead atoms. The van der Waals surface area contributed by atoms with Crippen LogP contribution in [0.1, 0.15) is 48.0 Å². The number of allylic oxidation sites excluding steroid dienone is 1. The van der Waals surface area contributed by atoms with E-state index in [1.54, 1.807) is 10.5 Å². The van der Waals surface area contributed by atoms with Crippen LogP contribution in [0.3, 0.4) is 0 Å². The summed E-state index contributed by atoms with van der Waals surface area (Å²) in [5, 5.41) is 0. The summed E-state index contributed by atoms with van der Waals surface area (Å²) in [5.41, 5.74) is 1.15. The van der Waals surface area contributed by atoms with Crippen LogP contribution in [0.15, 0.2) is 35.9 Å². The monoisotopic (exact) mass is 366 g/mol. The molecule has 0 unspecified atom stereocenters. The summed E-state index contributed by atoms with van der Waals surface area (Å²) < 4.78 is 37.9. The lowest BCUT2D eigenvalue weighted by molar-refractivity contribution is -0.137. The number of hydrogen-bond donors (Lipinski definition) is 0. The minimum Gasteiger partial charge on any atom is -0.336 e. The van der Waals surface area contributed by atoms with Crippen molar-refractivity contribution in [1.29, 1.82) is 0 Å². The van der Waals surface area contributed by atoms with E-state index in [4.69, 9.17) is 0 Å². The number of carbonyl (C=O) groups excluding carboxylic acids is 1. The number of piperazine rings is 1. The summed E-state index contributed by atoms with van der Waals surface area (Å²) in [4.78, 5) is 16.6. The fourth-order valence-corrected chi connectivity index (χ4v) is 3.59. The molecule has 3 rings (SSSR count). The Morgan fingerprint density at radius 3 is 2.27 bits per heavy atom. The Kier molecular flexibility index (Phi) is 6.01. The molecule has 1 aromatic carbocycles. The minimum atomic E-state index is -4.37. The van der Waals surface area contributed by atoms with Gasteiger partial charge in [-0.25, -0.2) is 0 Å². The number of alkyl halides is 3. The second-order valence-corrected chi connectivity index (χ2v) is 7.07. The van der Waals surface area contributed by atoms with Crippen molar-refractivity contribution in [2.75, 3.05) is 32.7 Å². The second kappa shape index (κ2) is 8.25. The number of amides is 1. The van der Waals surface area contributed by atoms with Gasteiger partial charge in [-0.1, -0.05) is 11.6 Å². The van der Waals surface area contributed by atoms with E-state index in [9.17, 15) is 18.0 Å². The normalized spacial score (nSPS) is 19.3. The Morgan fingerprint density at radius 1 is 1.00 bits per heavy atom. The van der Waals surface area contributed by atoms with Crippen molar-refractivity contribution in [2.45, 2.75) is 38.3 Å². The van der Waals surface area contributed by atoms with E-state index in [2.05, 4.69) is 11.0 Å². The molecule has 0 atom stereocenters. The standard InChI is InChI=1S/C20H25F3N2O/c21-20(22,23)18-8-6-17(7-9-18)19(26)25-14-12-24(13-15-25)11-10-16-4-2-1-3-5-16/h4,6-9H,1-3,5,10-15H2. The molecule has 6 heteroatoms. The Morgan fingerprint density at radius 2 is 1.69 bits per heavy atom.